The average molecular weight is 286 g/mol. The van der Waals surface area contributed by atoms with Gasteiger partial charge in [0.25, 0.3) is 0 Å². The van der Waals surface area contributed by atoms with Crippen molar-refractivity contribution >= 4 is 11.6 Å². The van der Waals surface area contributed by atoms with Crippen LogP contribution in [0.1, 0.15) is 42.8 Å². The van der Waals surface area contributed by atoms with Crippen LogP contribution in [-0.2, 0) is 6.54 Å². The van der Waals surface area contributed by atoms with E-state index in [1.165, 1.54) is 18.4 Å². The van der Waals surface area contributed by atoms with Crippen LogP contribution in [0.15, 0.2) is 22.8 Å². The van der Waals surface area contributed by atoms with Crippen LogP contribution < -0.4 is 10.2 Å². The zero-order chi connectivity index (χ0) is 14.8. The maximum absolute atomic E-state index is 5.36. The predicted octanol–water partition coefficient (Wildman–Crippen LogP) is 3.32. The number of nitrogens with zero attached hydrogens (tertiary/aromatic N) is 3. The summed E-state index contributed by atoms with van der Waals surface area (Å²) in [6.07, 6.45) is 4.15. The van der Waals surface area contributed by atoms with E-state index < -0.39 is 0 Å². The third kappa shape index (κ3) is 3.17. The van der Waals surface area contributed by atoms with Crippen LogP contribution in [0.3, 0.4) is 0 Å². The minimum atomic E-state index is 0.548. The highest BCUT2D eigenvalue weighted by Gasteiger charge is 2.27. The molecule has 1 aliphatic rings. The summed E-state index contributed by atoms with van der Waals surface area (Å²) in [5, 5.41) is 3.30. The number of aryl methyl sites for hydroxylation is 1. The van der Waals surface area contributed by atoms with E-state index in [1.54, 1.807) is 6.26 Å². The Labute approximate surface area is 125 Å². The Morgan fingerprint density at radius 3 is 2.81 bits per heavy atom. The van der Waals surface area contributed by atoms with E-state index in [0.717, 1.165) is 36.3 Å². The van der Waals surface area contributed by atoms with Crippen molar-refractivity contribution < 1.29 is 4.42 Å². The molecule has 0 bridgehead atoms. The summed E-state index contributed by atoms with van der Waals surface area (Å²) in [5.74, 6) is 4.36. The maximum atomic E-state index is 5.36. The molecule has 3 rings (SSSR count). The van der Waals surface area contributed by atoms with E-state index in [9.17, 15) is 0 Å². The molecule has 1 aliphatic carbocycles. The highest BCUT2D eigenvalue weighted by molar-refractivity contribution is 5.50. The topological polar surface area (TPSA) is 54.2 Å². The summed E-state index contributed by atoms with van der Waals surface area (Å²) < 4.78 is 5.36. The summed E-state index contributed by atoms with van der Waals surface area (Å²) in [5.41, 5.74) is 1.19. The molecule has 1 fully saturated rings. The van der Waals surface area contributed by atoms with Crippen LogP contribution in [-0.4, -0.2) is 23.6 Å². The van der Waals surface area contributed by atoms with Gasteiger partial charge >= 0.3 is 0 Å². The molecule has 0 amide bonds. The fourth-order valence-electron chi connectivity index (χ4n) is 2.36. The lowest BCUT2D eigenvalue weighted by Crippen LogP contribution is -2.19. The lowest BCUT2D eigenvalue weighted by Gasteiger charge is -2.19. The van der Waals surface area contributed by atoms with Gasteiger partial charge in [0.15, 0.2) is 0 Å². The monoisotopic (exact) mass is 286 g/mol. The Kier molecular flexibility index (Phi) is 3.82. The lowest BCUT2D eigenvalue weighted by molar-refractivity contribution is 0.529. The van der Waals surface area contributed by atoms with Gasteiger partial charge in [0.05, 0.1) is 6.26 Å². The molecule has 0 atom stereocenters. The first kappa shape index (κ1) is 13.9. The molecule has 2 aromatic heterocycles. The molecule has 2 aromatic rings. The van der Waals surface area contributed by atoms with Gasteiger partial charge in [-0.15, -0.1) is 0 Å². The Hall–Kier alpha value is -2.04. The van der Waals surface area contributed by atoms with Gasteiger partial charge in [0.2, 0.25) is 0 Å². The van der Waals surface area contributed by atoms with Crippen molar-refractivity contribution in [1.29, 1.82) is 0 Å². The number of nitrogens with one attached hydrogen (secondary N) is 1. The van der Waals surface area contributed by atoms with Crippen molar-refractivity contribution in [3.63, 3.8) is 0 Å². The zero-order valence-corrected chi connectivity index (χ0v) is 12.9. The third-order valence-electron chi connectivity index (χ3n) is 3.80. The van der Waals surface area contributed by atoms with Gasteiger partial charge in [0, 0.05) is 37.7 Å². The Morgan fingerprint density at radius 2 is 2.19 bits per heavy atom. The molecule has 21 heavy (non-hydrogen) atoms. The molecule has 0 unspecified atom stereocenters. The van der Waals surface area contributed by atoms with Gasteiger partial charge in [-0.1, -0.05) is 0 Å². The van der Waals surface area contributed by atoms with Crippen molar-refractivity contribution in [3.8, 4) is 0 Å². The molecule has 0 aromatic carbocycles. The molecule has 112 valence electrons. The van der Waals surface area contributed by atoms with Crippen molar-refractivity contribution in [2.75, 3.05) is 23.8 Å². The van der Waals surface area contributed by atoms with Gasteiger partial charge in [0.1, 0.15) is 23.2 Å². The molecule has 1 N–H and O–H groups in total. The molecule has 2 heterocycles. The van der Waals surface area contributed by atoms with Crippen LogP contribution in [0.5, 0.6) is 0 Å². The second-order valence-corrected chi connectivity index (χ2v) is 5.63. The number of aromatic nitrogens is 2. The van der Waals surface area contributed by atoms with Crippen LogP contribution in [0.2, 0.25) is 0 Å². The number of furan rings is 1. The Balaban J connectivity index is 1.83. The Bertz CT molecular complexity index is 618. The minimum Gasteiger partial charge on any atom is -0.469 e. The summed E-state index contributed by atoms with van der Waals surface area (Å²) in [4.78, 5) is 11.5. The van der Waals surface area contributed by atoms with Gasteiger partial charge in [-0.3, -0.25) is 0 Å². The van der Waals surface area contributed by atoms with Gasteiger partial charge in [-0.25, -0.2) is 9.97 Å². The van der Waals surface area contributed by atoms with Gasteiger partial charge in [-0.05, 0) is 32.8 Å². The molecule has 0 saturated heterocycles. The number of anilines is 2. The number of hydrogen-bond acceptors (Lipinski definition) is 5. The summed E-state index contributed by atoms with van der Waals surface area (Å²) in [6, 6.07) is 4.03. The van der Waals surface area contributed by atoms with Crippen molar-refractivity contribution in [1.82, 2.24) is 9.97 Å². The molecular formula is C16H22N4O. The molecule has 0 radical (unpaired) electrons. The van der Waals surface area contributed by atoms with Crippen molar-refractivity contribution in [2.45, 2.75) is 39.2 Å². The quantitative estimate of drug-likeness (QED) is 0.882. The second kappa shape index (κ2) is 5.76. The van der Waals surface area contributed by atoms with Crippen LogP contribution in [0.4, 0.5) is 11.6 Å². The molecular weight excluding hydrogens is 264 g/mol. The standard InChI is InChI=1S/C16H22N4O/c1-4-17-14-9-15(19-16(18-14)12-5-6-12)20(3)10-13-7-8-21-11(13)2/h7-9,12H,4-6,10H2,1-3H3,(H,17,18,19). The average Bonchev–Trinajstić information content (AvgIpc) is 3.24. The zero-order valence-electron chi connectivity index (χ0n) is 12.9. The van der Waals surface area contributed by atoms with E-state index in [0.29, 0.717) is 5.92 Å². The fourth-order valence-corrected chi connectivity index (χ4v) is 2.36. The molecule has 0 spiro atoms. The molecule has 5 nitrogen and oxygen atoms in total. The number of hydrogen-bond donors (Lipinski definition) is 1. The highest BCUT2D eigenvalue weighted by Crippen LogP contribution is 2.39. The predicted molar refractivity (Wildman–Crippen MR) is 83.7 cm³/mol. The smallest absolute Gasteiger partial charge is 0.136 e. The molecule has 5 heteroatoms. The van der Waals surface area contributed by atoms with Crippen molar-refractivity contribution in [3.05, 3.63) is 35.5 Å². The summed E-state index contributed by atoms with van der Waals surface area (Å²) >= 11 is 0. The van der Waals surface area contributed by atoms with E-state index in [1.807, 2.05) is 19.1 Å². The van der Waals surface area contributed by atoms with Gasteiger partial charge < -0.3 is 14.6 Å². The summed E-state index contributed by atoms with van der Waals surface area (Å²) in [7, 11) is 2.06. The van der Waals surface area contributed by atoms with E-state index in [2.05, 4.69) is 29.2 Å². The van der Waals surface area contributed by atoms with Crippen LogP contribution in [0, 0.1) is 6.92 Å². The Morgan fingerprint density at radius 1 is 1.38 bits per heavy atom. The molecule has 1 saturated carbocycles. The fraction of sp³-hybridized carbons (Fsp3) is 0.500. The van der Waals surface area contributed by atoms with Crippen LogP contribution >= 0.6 is 0 Å². The molecule has 0 aliphatic heterocycles. The first-order valence-electron chi connectivity index (χ1n) is 7.54. The van der Waals surface area contributed by atoms with Crippen molar-refractivity contribution in [2.24, 2.45) is 0 Å². The van der Waals surface area contributed by atoms with E-state index in [-0.39, 0.29) is 0 Å². The van der Waals surface area contributed by atoms with E-state index in [4.69, 9.17) is 9.40 Å². The third-order valence-corrected chi connectivity index (χ3v) is 3.80. The first-order valence-corrected chi connectivity index (χ1v) is 7.54. The lowest BCUT2D eigenvalue weighted by atomic mass is 10.2. The SMILES string of the molecule is CCNc1cc(N(C)Cc2ccoc2C)nc(C2CC2)n1. The normalized spacial score (nSPS) is 14.2. The first-order chi connectivity index (χ1) is 10.2. The number of rotatable bonds is 6. The summed E-state index contributed by atoms with van der Waals surface area (Å²) in [6.45, 7) is 5.72. The van der Waals surface area contributed by atoms with Gasteiger partial charge in [-0.2, -0.15) is 0 Å². The van der Waals surface area contributed by atoms with E-state index >= 15 is 0 Å². The van der Waals surface area contributed by atoms with Crippen LogP contribution in [0.25, 0.3) is 0 Å². The second-order valence-electron chi connectivity index (χ2n) is 5.63. The maximum Gasteiger partial charge on any atom is 0.136 e. The minimum absolute atomic E-state index is 0.548. The highest BCUT2D eigenvalue weighted by atomic mass is 16.3. The largest absolute Gasteiger partial charge is 0.469 e.